The average Bonchev–Trinajstić information content (AvgIpc) is 3.47. The third kappa shape index (κ3) is 3.83. The molecule has 2 fully saturated rings. The maximum absolute atomic E-state index is 12.6. The lowest BCUT2D eigenvalue weighted by Gasteiger charge is -2.27. The zero-order valence-electron chi connectivity index (χ0n) is 16.3. The van der Waals surface area contributed by atoms with Gasteiger partial charge in [-0.25, -0.2) is 5.43 Å². The predicted molar refractivity (Wildman–Crippen MR) is 106 cm³/mol. The minimum Gasteiger partial charge on any atom is -0.459 e. The number of carbonyl (C=O) groups excluding carboxylic acids is 1. The summed E-state index contributed by atoms with van der Waals surface area (Å²) in [7, 11) is 0. The Hall–Kier alpha value is -2.55. The van der Waals surface area contributed by atoms with Crippen LogP contribution in [0.2, 0.25) is 0 Å². The number of benzene rings is 1. The van der Waals surface area contributed by atoms with Gasteiger partial charge in [0.25, 0.3) is 5.91 Å². The van der Waals surface area contributed by atoms with Crippen LogP contribution in [0.15, 0.2) is 41.0 Å². The van der Waals surface area contributed by atoms with Crippen molar-refractivity contribution >= 4 is 5.91 Å². The lowest BCUT2D eigenvalue weighted by Crippen LogP contribution is -2.37. The lowest BCUT2D eigenvalue weighted by atomic mass is 9.94. The minimum absolute atomic E-state index is 0.0145. The molecule has 0 spiro atoms. The van der Waals surface area contributed by atoms with Gasteiger partial charge in [-0.1, -0.05) is 6.07 Å². The van der Waals surface area contributed by atoms with Crippen molar-refractivity contribution in [3.8, 4) is 11.5 Å². The van der Waals surface area contributed by atoms with Gasteiger partial charge in [-0.15, -0.1) is 0 Å². The number of hydrazine groups is 1. The largest absolute Gasteiger partial charge is 0.459 e. The Kier molecular flexibility index (Phi) is 5.13. The van der Waals surface area contributed by atoms with Gasteiger partial charge < -0.3 is 23.7 Å². The number of furan rings is 1. The van der Waals surface area contributed by atoms with Crippen LogP contribution in [0.1, 0.15) is 28.6 Å². The molecule has 2 atom stereocenters. The van der Waals surface area contributed by atoms with E-state index in [2.05, 4.69) is 27.9 Å². The van der Waals surface area contributed by atoms with Crippen LogP contribution < -0.4 is 20.3 Å². The van der Waals surface area contributed by atoms with E-state index in [1.54, 1.807) is 18.4 Å². The molecule has 154 valence electrons. The fraction of sp³-hybridized carbons (Fsp3) is 0.476. The van der Waals surface area contributed by atoms with E-state index in [0.29, 0.717) is 18.5 Å². The van der Waals surface area contributed by atoms with Gasteiger partial charge in [0.05, 0.1) is 12.3 Å². The summed E-state index contributed by atoms with van der Waals surface area (Å²) in [6.07, 6.45) is 2.52. The van der Waals surface area contributed by atoms with E-state index in [0.717, 1.165) is 57.2 Å². The normalized spacial score (nSPS) is 24.6. The molecule has 8 heteroatoms. The fourth-order valence-electron chi connectivity index (χ4n) is 4.41. The van der Waals surface area contributed by atoms with Gasteiger partial charge in [-0.05, 0) is 42.8 Å². The van der Waals surface area contributed by atoms with Gasteiger partial charge in [0.2, 0.25) is 6.79 Å². The first kappa shape index (κ1) is 18.5. The molecule has 0 saturated carbocycles. The molecule has 1 amide bonds. The number of rotatable bonds is 4. The first-order valence-corrected chi connectivity index (χ1v) is 10.2. The van der Waals surface area contributed by atoms with Crippen molar-refractivity contribution in [2.24, 2.45) is 5.92 Å². The van der Waals surface area contributed by atoms with Crippen LogP contribution in [0.4, 0.5) is 0 Å². The van der Waals surface area contributed by atoms with E-state index in [-0.39, 0.29) is 11.9 Å². The highest BCUT2D eigenvalue weighted by molar-refractivity contribution is 5.91. The number of hydrogen-bond donors (Lipinski definition) is 2. The van der Waals surface area contributed by atoms with E-state index in [1.165, 1.54) is 5.56 Å². The molecule has 1 aromatic heterocycles. The lowest BCUT2D eigenvalue weighted by molar-refractivity contribution is 0.0728. The van der Waals surface area contributed by atoms with Crippen molar-refractivity contribution in [3.63, 3.8) is 0 Å². The highest BCUT2D eigenvalue weighted by atomic mass is 16.7. The van der Waals surface area contributed by atoms with Gasteiger partial charge in [-0.2, -0.15) is 0 Å². The Morgan fingerprint density at radius 2 is 2.03 bits per heavy atom. The SMILES string of the molecule is O=C(c1ccco1)N1CCCN(CC2CNNC2c2ccc3c(c2)OCO3)CC1. The van der Waals surface area contributed by atoms with Crippen molar-refractivity contribution in [2.45, 2.75) is 12.5 Å². The molecule has 1 aromatic carbocycles. The molecule has 0 radical (unpaired) electrons. The van der Waals surface area contributed by atoms with Gasteiger partial charge in [0.1, 0.15) is 0 Å². The first-order valence-electron chi connectivity index (χ1n) is 10.2. The van der Waals surface area contributed by atoms with Crippen LogP contribution in [0, 0.1) is 5.92 Å². The zero-order valence-corrected chi connectivity index (χ0v) is 16.3. The molecular formula is C21H26N4O4. The Morgan fingerprint density at radius 3 is 2.93 bits per heavy atom. The number of nitrogens with zero attached hydrogens (tertiary/aromatic N) is 2. The summed E-state index contributed by atoms with van der Waals surface area (Å²) in [4.78, 5) is 16.9. The van der Waals surface area contributed by atoms with Crippen LogP contribution in [0.3, 0.4) is 0 Å². The number of amides is 1. The molecule has 2 aromatic rings. The molecule has 2 unspecified atom stereocenters. The second kappa shape index (κ2) is 8.06. The first-order chi connectivity index (χ1) is 14.3. The van der Waals surface area contributed by atoms with Crippen LogP contribution in [-0.2, 0) is 0 Å². The molecular weight excluding hydrogens is 372 g/mol. The highest BCUT2D eigenvalue weighted by Gasteiger charge is 2.32. The average molecular weight is 398 g/mol. The summed E-state index contributed by atoms with van der Waals surface area (Å²) in [6, 6.07) is 9.88. The summed E-state index contributed by atoms with van der Waals surface area (Å²) in [5.41, 5.74) is 7.93. The Morgan fingerprint density at radius 1 is 1.10 bits per heavy atom. The van der Waals surface area contributed by atoms with Gasteiger partial charge in [0.15, 0.2) is 17.3 Å². The van der Waals surface area contributed by atoms with Crippen LogP contribution in [-0.4, -0.2) is 61.8 Å². The molecule has 3 aliphatic rings. The van der Waals surface area contributed by atoms with Gasteiger partial charge in [-0.3, -0.25) is 10.2 Å². The fourth-order valence-corrected chi connectivity index (χ4v) is 4.41. The van der Waals surface area contributed by atoms with E-state index in [9.17, 15) is 4.79 Å². The van der Waals surface area contributed by atoms with E-state index >= 15 is 0 Å². The number of ether oxygens (including phenoxy) is 2. The molecule has 0 aliphatic carbocycles. The molecule has 3 aliphatic heterocycles. The maximum atomic E-state index is 12.6. The number of nitrogens with one attached hydrogen (secondary N) is 2. The summed E-state index contributed by atoms with van der Waals surface area (Å²) in [5.74, 6) is 2.47. The second-order valence-corrected chi connectivity index (χ2v) is 7.80. The van der Waals surface area contributed by atoms with Crippen molar-refractivity contribution in [1.82, 2.24) is 20.7 Å². The molecule has 29 heavy (non-hydrogen) atoms. The van der Waals surface area contributed by atoms with Gasteiger partial charge >= 0.3 is 0 Å². The van der Waals surface area contributed by atoms with Crippen molar-refractivity contribution in [2.75, 3.05) is 46.1 Å². The van der Waals surface area contributed by atoms with Gasteiger partial charge in [0, 0.05) is 38.6 Å². The molecule has 0 bridgehead atoms. The number of fused-ring (bicyclic) bond motifs is 1. The summed E-state index contributed by atoms with van der Waals surface area (Å²) >= 11 is 0. The summed E-state index contributed by atoms with van der Waals surface area (Å²) in [5, 5.41) is 0. The highest BCUT2D eigenvalue weighted by Crippen LogP contribution is 2.36. The monoisotopic (exact) mass is 398 g/mol. The zero-order chi connectivity index (χ0) is 19.6. The van der Waals surface area contributed by atoms with Crippen LogP contribution in [0.5, 0.6) is 11.5 Å². The minimum atomic E-state index is -0.0145. The smallest absolute Gasteiger partial charge is 0.289 e. The van der Waals surface area contributed by atoms with Crippen molar-refractivity contribution in [1.29, 1.82) is 0 Å². The predicted octanol–water partition coefficient (Wildman–Crippen LogP) is 1.62. The Labute approximate surface area is 169 Å². The summed E-state index contributed by atoms with van der Waals surface area (Å²) < 4.78 is 16.2. The topological polar surface area (TPSA) is 79.2 Å². The summed E-state index contributed by atoms with van der Waals surface area (Å²) in [6.45, 7) is 5.53. The van der Waals surface area contributed by atoms with Crippen LogP contribution in [0.25, 0.3) is 0 Å². The molecule has 8 nitrogen and oxygen atoms in total. The Balaban J connectivity index is 1.21. The molecule has 5 rings (SSSR count). The van der Waals surface area contributed by atoms with Crippen molar-refractivity contribution in [3.05, 3.63) is 47.9 Å². The maximum Gasteiger partial charge on any atom is 0.289 e. The number of carbonyl (C=O) groups is 1. The van der Waals surface area contributed by atoms with E-state index in [1.807, 2.05) is 11.0 Å². The standard InChI is InChI=1S/C21H26N4O4/c26-21(18-3-1-10-27-18)25-7-2-6-24(8-9-25)13-16-12-22-23-20(16)15-4-5-17-19(11-15)29-14-28-17/h1,3-5,10-11,16,20,22-23H,2,6-9,12-14H2. The van der Waals surface area contributed by atoms with Crippen LogP contribution >= 0.6 is 0 Å². The van der Waals surface area contributed by atoms with Crippen molar-refractivity contribution < 1.29 is 18.7 Å². The van der Waals surface area contributed by atoms with E-state index < -0.39 is 0 Å². The Bertz CT molecular complexity index is 856. The molecule has 4 heterocycles. The quantitative estimate of drug-likeness (QED) is 0.810. The molecule has 2 saturated heterocycles. The number of hydrogen-bond acceptors (Lipinski definition) is 7. The second-order valence-electron chi connectivity index (χ2n) is 7.80. The molecule has 2 N–H and O–H groups in total. The third-order valence-corrected chi connectivity index (χ3v) is 5.95. The van der Waals surface area contributed by atoms with E-state index in [4.69, 9.17) is 13.9 Å². The third-order valence-electron chi connectivity index (χ3n) is 5.95.